The van der Waals surface area contributed by atoms with E-state index in [0.29, 0.717) is 38.4 Å². The van der Waals surface area contributed by atoms with Crippen molar-refractivity contribution in [2.45, 2.75) is 83.3 Å². The fraction of sp³-hybridized carbons (Fsp3) is 0.559. The quantitative estimate of drug-likeness (QED) is 0.367. The second-order valence-electron chi connectivity index (χ2n) is 13.0. The monoisotopic (exact) mass is 576 g/mol. The van der Waals surface area contributed by atoms with Gasteiger partial charge in [-0.05, 0) is 61.8 Å². The Morgan fingerprint density at radius 2 is 1.57 bits per heavy atom. The number of carboxylic acid groups (broad SMARTS) is 1. The third-order valence-corrected chi connectivity index (χ3v) is 9.04. The Balaban J connectivity index is 1.35. The van der Waals surface area contributed by atoms with Crippen molar-refractivity contribution < 1.29 is 29.0 Å². The number of ether oxygens (including phenoxy) is 2. The third-order valence-electron chi connectivity index (χ3n) is 9.04. The molecule has 0 radical (unpaired) electrons. The summed E-state index contributed by atoms with van der Waals surface area (Å²) < 4.78 is 11.8. The minimum absolute atomic E-state index is 0.0159. The smallest absolute Gasteiger partial charge is 0.410 e. The van der Waals surface area contributed by atoms with E-state index >= 15 is 0 Å². The van der Waals surface area contributed by atoms with Gasteiger partial charge in [0.05, 0.1) is 0 Å². The Hall–Kier alpha value is -3.55. The van der Waals surface area contributed by atoms with Crippen LogP contribution in [-0.4, -0.2) is 70.9 Å². The van der Waals surface area contributed by atoms with E-state index in [9.17, 15) is 19.5 Å². The van der Waals surface area contributed by atoms with Crippen LogP contribution < -0.4 is 0 Å². The lowest BCUT2D eigenvalue weighted by Gasteiger charge is -2.45. The highest BCUT2D eigenvalue weighted by atomic mass is 16.6. The number of rotatable bonds is 8. The molecule has 3 aliphatic rings. The average molecular weight is 577 g/mol. The lowest BCUT2D eigenvalue weighted by molar-refractivity contribution is -0.137. The van der Waals surface area contributed by atoms with Crippen molar-refractivity contribution >= 4 is 18.2 Å². The number of hydrogen-bond donors (Lipinski definition) is 1. The third kappa shape index (κ3) is 6.74. The zero-order chi connectivity index (χ0) is 29.9. The number of amides is 2. The zero-order valence-electron chi connectivity index (χ0n) is 25.1. The van der Waals surface area contributed by atoms with Crippen molar-refractivity contribution in [3.05, 3.63) is 59.7 Å². The second-order valence-corrected chi connectivity index (χ2v) is 13.0. The zero-order valence-corrected chi connectivity index (χ0v) is 25.1. The molecule has 1 aliphatic heterocycles. The van der Waals surface area contributed by atoms with Gasteiger partial charge < -0.3 is 24.4 Å². The second kappa shape index (κ2) is 12.8. The van der Waals surface area contributed by atoms with Gasteiger partial charge in [0.1, 0.15) is 12.2 Å². The van der Waals surface area contributed by atoms with Gasteiger partial charge in [-0.1, -0.05) is 74.2 Å². The maximum atomic E-state index is 13.9. The fourth-order valence-electron chi connectivity index (χ4n) is 7.17. The first-order chi connectivity index (χ1) is 20.1. The standard InChI is InChI=1S/C34H44N2O6/c1-34(2,3)42-32(39)35-20-18-30(28(21-35)23-11-4-5-12-23)36(19-10-17-31(37)38)33(40)41-22-29-26-15-8-6-13-24(26)25-14-7-9-16-27(25)29/h6-9,13-16,23,28-30H,4-5,10-12,17-22H2,1-3H3,(H,37,38). The molecule has 0 spiro atoms. The molecule has 8 nitrogen and oxygen atoms in total. The molecule has 5 rings (SSSR count). The van der Waals surface area contributed by atoms with Crippen molar-refractivity contribution in [3.63, 3.8) is 0 Å². The molecule has 42 heavy (non-hydrogen) atoms. The van der Waals surface area contributed by atoms with Crippen molar-refractivity contribution in [1.82, 2.24) is 9.80 Å². The molecule has 1 saturated heterocycles. The van der Waals surface area contributed by atoms with Gasteiger partial charge >= 0.3 is 18.2 Å². The molecule has 0 bridgehead atoms. The summed E-state index contributed by atoms with van der Waals surface area (Å²) >= 11 is 0. The SMILES string of the molecule is CC(C)(C)OC(=O)N1CCC(N(CCCC(=O)O)C(=O)OCC2c3ccccc3-c3ccccc32)C(C2CCCC2)C1. The van der Waals surface area contributed by atoms with Crippen molar-refractivity contribution in [2.24, 2.45) is 11.8 Å². The average Bonchev–Trinajstić information content (AvgIpc) is 3.60. The van der Waals surface area contributed by atoms with Gasteiger partial charge in [-0.2, -0.15) is 0 Å². The molecule has 2 aromatic carbocycles. The normalized spacial score (nSPS) is 20.6. The summed E-state index contributed by atoms with van der Waals surface area (Å²) in [5.74, 6) is -0.459. The van der Waals surface area contributed by atoms with Gasteiger partial charge in [0.15, 0.2) is 0 Å². The summed E-state index contributed by atoms with van der Waals surface area (Å²) in [7, 11) is 0. The van der Waals surface area contributed by atoms with Gasteiger partial charge in [-0.15, -0.1) is 0 Å². The molecule has 2 atom stereocenters. The highest BCUT2D eigenvalue weighted by molar-refractivity contribution is 5.79. The predicted molar refractivity (Wildman–Crippen MR) is 160 cm³/mol. The van der Waals surface area contributed by atoms with Crippen LogP contribution in [0.1, 0.15) is 82.8 Å². The Morgan fingerprint density at radius 3 is 2.17 bits per heavy atom. The van der Waals surface area contributed by atoms with Crippen molar-refractivity contribution in [3.8, 4) is 11.1 Å². The number of carboxylic acids is 1. The number of fused-ring (bicyclic) bond motifs is 3. The largest absolute Gasteiger partial charge is 0.481 e. The topological polar surface area (TPSA) is 96.4 Å². The molecule has 1 N–H and O–H groups in total. The van der Waals surface area contributed by atoms with Crippen LogP contribution >= 0.6 is 0 Å². The van der Waals surface area contributed by atoms with Crippen LogP contribution in [-0.2, 0) is 14.3 Å². The van der Waals surface area contributed by atoms with E-state index in [0.717, 1.165) is 36.8 Å². The van der Waals surface area contributed by atoms with E-state index in [2.05, 4.69) is 24.3 Å². The van der Waals surface area contributed by atoms with Crippen LogP contribution in [0.25, 0.3) is 11.1 Å². The number of aliphatic carboxylic acids is 1. The van der Waals surface area contributed by atoms with Crippen molar-refractivity contribution in [1.29, 1.82) is 0 Å². The minimum atomic E-state index is -0.880. The number of carbonyl (C=O) groups excluding carboxylic acids is 2. The van der Waals surface area contributed by atoms with E-state index in [4.69, 9.17) is 9.47 Å². The van der Waals surface area contributed by atoms with Crippen LogP contribution in [0.4, 0.5) is 9.59 Å². The number of piperidine rings is 1. The first-order valence-corrected chi connectivity index (χ1v) is 15.4. The molecule has 2 unspecified atom stereocenters. The van der Waals surface area contributed by atoms with Crippen LogP contribution in [0.5, 0.6) is 0 Å². The van der Waals surface area contributed by atoms with Gasteiger partial charge in [0.2, 0.25) is 0 Å². The Labute approximate surface area is 249 Å². The molecule has 2 amide bonds. The number of hydrogen-bond acceptors (Lipinski definition) is 5. The summed E-state index contributed by atoms with van der Waals surface area (Å²) in [5, 5.41) is 9.33. The summed E-state index contributed by atoms with van der Waals surface area (Å²) in [5.41, 5.74) is 4.06. The highest BCUT2D eigenvalue weighted by Crippen LogP contribution is 2.45. The fourth-order valence-corrected chi connectivity index (χ4v) is 7.17. The van der Waals surface area contributed by atoms with Crippen LogP contribution in [0.2, 0.25) is 0 Å². The van der Waals surface area contributed by atoms with E-state index in [-0.39, 0.29) is 37.0 Å². The summed E-state index contributed by atoms with van der Waals surface area (Å²) in [6.45, 7) is 7.13. The molecule has 2 aromatic rings. The molecule has 1 saturated carbocycles. The van der Waals surface area contributed by atoms with Crippen LogP contribution in [0.3, 0.4) is 0 Å². The first-order valence-electron chi connectivity index (χ1n) is 15.4. The molecule has 226 valence electrons. The molecule has 0 aromatic heterocycles. The highest BCUT2D eigenvalue weighted by Gasteiger charge is 2.43. The summed E-state index contributed by atoms with van der Waals surface area (Å²) in [4.78, 5) is 41.9. The molecular formula is C34H44N2O6. The van der Waals surface area contributed by atoms with Crippen LogP contribution in [0, 0.1) is 11.8 Å². The van der Waals surface area contributed by atoms with E-state index < -0.39 is 17.7 Å². The molecule has 8 heteroatoms. The van der Waals surface area contributed by atoms with E-state index in [1.54, 1.807) is 9.80 Å². The van der Waals surface area contributed by atoms with Gasteiger partial charge in [0, 0.05) is 43.9 Å². The van der Waals surface area contributed by atoms with Gasteiger partial charge in [-0.3, -0.25) is 4.79 Å². The molecular weight excluding hydrogens is 532 g/mol. The predicted octanol–water partition coefficient (Wildman–Crippen LogP) is 6.92. The summed E-state index contributed by atoms with van der Waals surface area (Å²) in [6.07, 6.45) is 4.64. The Kier molecular flexibility index (Phi) is 9.09. The van der Waals surface area contributed by atoms with Crippen LogP contribution in [0.15, 0.2) is 48.5 Å². The summed E-state index contributed by atoms with van der Waals surface area (Å²) in [6, 6.07) is 16.4. The van der Waals surface area contributed by atoms with Gasteiger partial charge in [-0.25, -0.2) is 9.59 Å². The Morgan fingerprint density at radius 1 is 0.952 bits per heavy atom. The first kappa shape index (κ1) is 29.9. The number of likely N-dealkylation sites (tertiary alicyclic amines) is 1. The number of benzene rings is 2. The van der Waals surface area contributed by atoms with E-state index in [1.807, 2.05) is 45.0 Å². The molecule has 2 aliphatic carbocycles. The number of nitrogens with zero attached hydrogens (tertiary/aromatic N) is 2. The maximum absolute atomic E-state index is 13.9. The van der Waals surface area contributed by atoms with Crippen molar-refractivity contribution in [2.75, 3.05) is 26.2 Å². The minimum Gasteiger partial charge on any atom is -0.481 e. The molecule has 1 heterocycles. The molecule has 2 fully saturated rings. The lowest BCUT2D eigenvalue weighted by atomic mass is 9.79. The lowest BCUT2D eigenvalue weighted by Crippen LogP contribution is -2.56. The maximum Gasteiger partial charge on any atom is 0.410 e. The van der Waals surface area contributed by atoms with E-state index in [1.165, 1.54) is 11.1 Å². The Bertz CT molecular complexity index is 1240. The number of carbonyl (C=O) groups is 3. The van der Waals surface area contributed by atoms with Gasteiger partial charge in [0.25, 0.3) is 0 Å².